The number of aromatic nitrogens is 2. The van der Waals surface area contributed by atoms with Gasteiger partial charge in [-0.25, -0.2) is 18.7 Å². The molecule has 1 aromatic carbocycles. The number of nitrogen functional groups attached to an aromatic ring is 1. The van der Waals surface area contributed by atoms with E-state index in [0.717, 1.165) is 17.8 Å². The van der Waals surface area contributed by atoms with Crippen LogP contribution in [0, 0.1) is 17.1 Å². The van der Waals surface area contributed by atoms with Crippen molar-refractivity contribution in [3.63, 3.8) is 0 Å². The van der Waals surface area contributed by atoms with Gasteiger partial charge in [-0.3, -0.25) is 4.79 Å². The number of amides is 1. The Kier molecular flexibility index (Phi) is 6.55. The van der Waals surface area contributed by atoms with Crippen LogP contribution >= 0.6 is 23.5 Å². The van der Waals surface area contributed by atoms with Gasteiger partial charge < -0.3 is 11.1 Å². The Balaban J connectivity index is 2.08. The largest absolute Gasteiger partial charge is 0.368 e. The number of carbonyl (C=O) groups is 1. The SMILES string of the molecule is CSc1nc(N)nc(SCC(=O)Nc2ccc(F)c(CF)c2)c1C#N. The number of anilines is 2. The molecule has 0 bridgehead atoms. The smallest absolute Gasteiger partial charge is 0.234 e. The van der Waals surface area contributed by atoms with Crippen LogP contribution in [0.1, 0.15) is 11.1 Å². The third-order valence-electron chi connectivity index (χ3n) is 2.98. The minimum atomic E-state index is -0.965. The van der Waals surface area contributed by atoms with Crippen molar-refractivity contribution in [1.82, 2.24) is 9.97 Å². The Morgan fingerprint density at radius 1 is 1.40 bits per heavy atom. The molecule has 2 aromatic rings. The average molecular weight is 381 g/mol. The van der Waals surface area contributed by atoms with Crippen molar-refractivity contribution in [2.24, 2.45) is 0 Å². The van der Waals surface area contributed by atoms with Crippen molar-refractivity contribution in [2.75, 3.05) is 23.1 Å². The van der Waals surface area contributed by atoms with Crippen LogP contribution in [-0.2, 0) is 11.5 Å². The highest BCUT2D eigenvalue weighted by molar-refractivity contribution is 8.00. The fraction of sp³-hybridized carbons (Fsp3) is 0.200. The first-order chi connectivity index (χ1) is 12.0. The molecule has 1 aromatic heterocycles. The molecule has 1 amide bonds. The van der Waals surface area contributed by atoms with Gasteiger partial charge in [0.25, 0.3) is 0 Å². The maximum absolute atomic E-state index is 13.3. The lowest BCUT2D eigenvalue weighted by atomic mass is 10.2. The molecule has 0 aliphatic carbocycles. The third kappa shape index (κ3) is 4.80. The first-order valence-electron chi connectivity index (χ1n) is 6.87. The van der Waals surface area contributed by atoms with Crippen LogP contribution in [0.2, 0.25) is 0 Å². The van der Waals surface area contributed by atoms with Gasteiger partial charge in [-0.1, -0.05) is 11.8 Å². The Labute approximate surface area is 151 Å². The minimum absolute atomic E-state index is 0.0115. The van der Waals surface area contributed by atoms with Crippen molar-refractivity contribution in [3.05, 3.63) is 35.1 Å². The summed E-state index contributed by atoms with van der Waals surface area (Å²) in [5.41, 5.74) is 6.01. The van der Waals surface area contributed by atoms with Crippen LogP contribution in [-0.4, -0.2) is 27.9 Å². The molecule has 6 nitrogen and oxygen atoms in total. The predicted octanol–water partition coefficient (Wildman–Crippen LogP) is 2.99. The van der Waals surface area contributed by atoms with Crippen LogP contribution in [0.15, 0.2) is 28.3 Å². The summed E-state index contributed by atoms with van der Waals surface area (Å²) in [4.78, 5) is 20.0. The minimum Gasteiger partial charge on any atom is -0.368 e. The van der Waals surface area contributed by atoms with E-state index in [9.17, 15) is 18.8 Å². The van der Waals surface area contributed by atoms with Crippen molar-refractivity contribution in [3.8, 4) is 6.07 Å². The number of halogens is 2. The van der Waals surface area contributed by atoms with E-state index < -0.39 is 18.4 Å². The lowest BCUT2D eigenvalue weighted by molar-refractivity contribution is -0.113. The molecule has 0 radical (unpaired) electrons. The van der Waals surface area contributed by atoms with Gasteiger partial charge in [0.05, 0.1) is 5.75 Å². The summed E-state index contributed by atoms with van der Waals surface area (Å²) in [6.45, 7) is -0.965. The first-order valence-corrected chi connectivity index (χ1v) is 9.08. The molecule has 0 atom stereocenters. The van der Waals surface area contributed by atoms with Crippen LogP contribution in [0.3, 0.4) is 0 Å². The molecule has 25 heavy (non-hydrogen) atoms. The van der Waals surface area contributed by atoms with E-state index in [1.54, 1.807) is 6.26 Å². The fourth-order valence-electron chi connectivity index (χ4n) is 1.87. The number of nitrogens with zero attached hydrogens (tertiary/aromatic N) is 3. The van der Waals surface area contributed by atoms with E-state index in [1.165, 1.54) is 23.9 Å². The molecular formula is C15H13F2N5OS2. The normalized spacial score (nSPS) is 10.3. The van der Waals surface area contributed by atoms with E-state index in [4.69, 9.17) is 5.73 Å². The Morgan fingerprint density at radius 2 is 2.12 bits per heavy atom. The van der Waals surface area contributed by atoms with E-state index >= 15 is 0 Å². The number of carbonyl (C=O) groups excluding carboxylic acids is 1. The molecule has 3 N–H and O–H groups in total. The number of thioether (sulfide) groups is 2. The summed E-state index contributed by atoms with van der Waals surface area (Å²) in [6.07, 6.45) is 1.75. The van der Waals surface area contributed by atoms with Gasteiger partial charge in [0.1, 0.15) is 34.2 Å². The van der Waals surface area contributed by atoms with Crippen LogP contribution in [0.4, 0.5) is 20.4 Å². The van der Waals surface area contributed by atoms with Crippen molar-refractivity contribution in [1.29, 1.82) is 5.26 Å². The summed E-state index contributed by atoms with van der Waals surface area (Å²) in [7, 11) is 0. The molecular weight excluding hydrogens is 368 g/mol. The van der Waals surface area contributed by atoms with Crippen molar-refractivity contribution < 1.29 is 13.6 Å². The zero-order chi connectivity index (χ0) is 18.4. The number of hydrogen-bond acceptors (Lipinski definition) is 7. The van der Waals surface area contributed by atoms with E-state index in [-0.39, 0.29) is 28.5 Å². The molecule has 0 fully saturated rings. The second kappa shape index (κ2) is 8.64. The van der Waals surface area contributed by atoms with Crippen molar-refractivity contribution >= 4 is 41.1 Å². The van der Waals surface area contributed by atoms with Crippen LogP contribution in [0.5, 0.6) is 0 Å². The molecule has 1 heterocycles. The molecule has 0 spiro atoms. The number of nitrogens with two attached hydrogens (primary N) is 1. The van der Waals surface area contributed by atoms with E-state index in [1.807, 2.05) is 6.07 Å². The molecule has 0 aliphatic rings. The Morgan fingerprint density at radius 3 is 2.76 bits per heavy atom. The molecule has 0 aliphatic heterocycles. The number of nitriles is 1. The van der Waals surface area contributed by atoms with Crippen LogP contribution < -0.4 is 11.1 Å². The van der Waals surface area contributed by atoms with Gasteiger partial charge in [0.15, 0.2) is 0 Å². The predicted molar refractivity (Wildman–Crippen MR) is 93.5 cm³/mol. The monoisotopic (exact) mass is 381 g/mol. The molecule has 10 heteroatoms. The summed E-state index contributed by atoms with van der Waals surface area (Å²) < 4.78 is 25.9. The molecule has 0 saturated heterocycles. The van der Waals surface area contributed by atoms with Gasteiger partial charge in [-0.15, -0.1) is 11.8 Å². The highest BCUT2D eigenvalue weighted by atomic mass is 32.2. The highest BCUT2D eigenvalue weighted by Crippen LogP contribution is 2.28. The average Bonchev–Trinajstić information content (AvgIpc) is 2.60. The number of nitrogens with one attached hydrogen (secondary N) is 1. The number of benzene rings is 1. The van der Waals surface area contributed by atoms with Crippen LogP contribution in [0.25, 0.3) is 0 Å². The topological polar surface area (TPSA) is 105 Å². The molecule has 130 valence electrons. The zero-order valence-corrected chi connectivity index (χ0v) is 14.7. The van der Waals surface area contributed by atoms with Gasteiger partial charge in [-0.2, -0.15) is 5.26 Å². The summed E-state index contributed by atoms with van der Waals surface area (Å²) in [5.74, 6) is -1.12. The fourth-order valence-corrected chi connectivity index (χ4v) is 3.25. The maximum atomic E-state index is 13.3. The highest BCUT2D eigenvalue weighted by Gasteiger charge is 2.15. The lowest BCUT2D eigenvalue weighted by Crippen LogP contribution is -2.15. The molecule has 0 unspecified atom stereocenters. The van der Waals surface area contributed by atoms with E-state index in [0.29, 0.717) is 10.1 Å². The summed E-state index contributed by atoms with van der Waals surface area (Å²) >= 11 is 2.28. The Hall–Kier alpha value is -2.38. The quantitative estimate of drug-likeness (QED) is 0.585. The molecule has 0 saturated carbocycles. The first kappa shape index (κ1) is 19.0. The van der Waals surface area contributed by atoms with E-state index in [2.05, 4.69) is 15.3 Å². The number of rotatable bonds is 6. The van der Waals surface area contributed by atoms with Gasteiger partial charge in [0, 0.05) is 11.3 Å². The maximum Gasteiger partial charge on any atom is 0.234 e. The van der Waals surface area contributed by atoms with Gasteiger partial charge >= 0.3 is 0 Å². The zero-order valence-electron chi connectivity index (χ0n) is 13.0. The lowest BCUT2D eigenvalue weighted by Gasteiger charge is -2.09. The Bertz CT molecular complexity index is 841. The summed E-state index contributed by atoms with van der Waals surface area (Å²) in [6, 6.07) is 5.65. The van der Waals surface area contributed by atoms with Gasteiger partial charge in [0.2, 0.25) is 11.9 Å². The standard InChI is InChI=1S/C15H13F2N5OS2/c1-24-13-10(6-18)14(22-15(19)21-13)25-7-12(23)20-9-2-3-11(17)8(4-9)5-16/h2-4H,5,7H2,1H3,(H,20,23)(H2,19,21,22). The summed E-state index contributed by atoms with van der Waals surface area (Å²) in [5, 5.41) is 12.5. The second-order valence-corrected chi connectivity index (χ2v) is 6.42. The van der Waals surface area contributed by atoms with Crippen molar-refractivity contribution in [2.45, 2.75) is 16.7 Å². The number of hydrogen-bond donors (Lipinski definition) is 2. The number of alkyl halides is 1. The second-order valence-electron chi connectivity index (χ2n) is 4.66. The van der Waals surface area contributed by atoms with Gasteiger partial charge in [-0.05, 0) is 24.5 Å². The third-order valence-corrected chi connectivity index (χ3v) is 4.64. The molecule has 2 rings (SSSR count).